The quantitative estimate of drug-likeness (QED) is 0.0161. The van der Waals surface area contributed by atoms with Gasteiger partial charge in [-0.25, -0.2) is 9.59 Å². The summed E-state index contributed by atoms with van der Waals surface area (Å²) in [6.45, 7) is 3.35. The van der Waals surface area contributed by atoms with Gasteiger partial charge in [0.1, 0.15) is 36.7 Å². The first-order valence-corrected chi connectivity index (χ1v) is 29.3. The van der Waals surface area contributed by atoms with Gasteiger partial charge in [0.2, 0.25) is 23.6 Å². The molecular formula is C53H92ClN5O15S. The van der Waals surface area contributed by atoms with Crippen molar-refractivity contribution in [3.8, 4) is 0 Å². The fourth-order valence-electron chi connectivity index (χ4n) is 7.92. The van der Waals surface area contributed by atoms with E-state index in [9.17, 15) is 58.2 Å². The number of carboxylic acids is 3. The number of alkyl halides is 1. The molecule has 0 radical (unpaired) electrons. The first-order chi connectivity index (χ1) is 36.0. The Morgan fingerprint density at radius 1 is 0.480 bits per heavy atom. The van der Waals surface area contributed by atoms with Crippen LogP contribution in [-0.2, 0) is 52.6 Å². The maximum atomic E-state index is 13.5. The summed E-state index contributed by atoms with van der Waals surface area (Å²) in [5.41, 5.74) is 0. The van der Waals surface area contributed by atoms with Gasteiger partial charge < -0.3 is 46.1 Å². The average Bonchev–Trinajstić information content (AvgIpc) is 3.36. The number of halogens is 1. The van der Waals surface area contributed by atoms with Gasteiger partial charge in [0.05, 0.1) is 6.54 Å². The highest BCUT2D eigenvalue weighted by atomic mass is 35.5. The molecule has 0 aromatic heterocycles. The summed E-state index contributed by atoms with van der Waals surface area (Å²) < 4.78 is 11.3. The van der Waals surface area contributed by atoms with E-state index in [4.69, 9.17) is 26.2 Å². The van der Waals surface area contributed by atoms with E-state index in [1.54, 1.807) is 0 Å². The van der Waals surface area contributed by atoms with Crippen LogP contribution in [-0.4, -0.2) is 130 Å². The Hall–Kier alpha value is -4.66. The number of hydrogen-bond donors (Lipinski definition) is 8. The number of carboxylic acid groups (broad SMARTS) is 3. The lowest BCUT2D eigenvalue weighted by Crippen LogP contribution is -2.55. The molecule has 4 atom stereocenters. The minimum absolute atomic E-state index is 0.00864. The molecule has 0 aliphatic carbocycles. The zero-order valence-corrected chi connectivity index (χ0v) is 46.6. The van der Waals surface area contributed by atoms with Gasteiger partial charge in [-0.05, 0) is 25.7 Å². The normalized spacial score (nSPS) is 12.6. The molecule has 0 bridgehead atoms. The van der Waals surface area contributed by atoms with Crippen molar-refractivity contribution in [1.82, 2.24) is 26.6 Å². The molecule has 0 rings (SSSR count). The zero-order valence-electron chi connectivity index (χ0n) is 45.0. The fourth-order valence-corrected chi connectivity index (χ4v) is 9.02. The average molecular weight is 1110 g/mol. The van der Waals surface area contributed by atoms with E-state index in [-0.39, 0.29) is 31.0 Å². The lowest BCUT2D eigenvalue weighted by molar-refractivity contribution is -0.157. The summed E-state index contributed by atoms with van der Waals surface area (Å²) in [6, 6.07) is -5.83. The van der Waals surface area contributed by atoms with Gasteiger partial charge in [0.25, 0.3) is 0 Å². The SMILES string of the molecule is CCCCCCCCCCCCCCCC(=O)OC[C@H](CSC[C@H](NC(=O)NC(=O)CCl)C(=O)NCC(=O)N[C@@H](CCC(=O)O)C(=O)N[C@@H](CCC(=O)O)C(=O)O)OC(=O)CCCCCCCCCCCCCCC. The molecule has 0 saturated heterocycles. The van der Waals surface area contributed by atoms with Crippen molar-refractivity contribution in [1.29, 1.82) is 0 Å². The molecule has 0 aromatic carbocycles. The molecule has 75 heavy (non-hydrogen) atoms. The van der Waals surface area contributed by atoms with E-state index < -0.39 is 122 Å². The van der Waals surface area contributed by atoms with Crippen molar-refractivity contribution in [3.63, 3.8) is 0 Å². The number of nitrogens with one attached hydrogen (secondary N) is 5. The number of carbonyl (C=O) groups excluding carboxylic acids is 7. The molecular weight excluding hydrogens is 1010 g/mol. The Morgan fingerprint density at radius 2 is 0.920 bits per heavy atom. The summed E-state index contributed by atoms with van der Waals surface area (Å²) in [5, 5.41) is 38.5. The van der Waals surface area contributed by atoms with E-state index in [0.717, 1.165) is 56.7 Å². The molecule has 20 nitrogen and oxygen atoms in total. The minimum Gasteiger partial charge on any atom is -0.481 e. The number of urea groups is 1. The van der Waals surface area contributed by atoms with Crippen LogP contribution in [0.4, 0.5) is 4.79 Å². The van der Waals surface area contributed by atoms with E-state index in [2.05, 4.69) is 35.1 Å². The zero-order chi connectivity index (χ0) is 55.9. The second-order valence-corrected chi connectivity index (χ2v) is 20.5. The van der Waals surface area contributed by atoms with Gasteiger partial charge in [-0.15, -0.1) is 11.6 Å². The molecule has 0 fully saturated rings. The number of imide groups is 1. The van der Waals surface area contributed by atoms with Crippen LogP contribution in [0.5, 0.6) is 0 Å². The lowest BCUT2D eigenvalue weighted by Gasteiger charge is -2.22. The lowest BCUT2D eigenvalue weighted by atomic mass is 10.0. The topological polar surface area (TPSA) is 310 Å². The third-order valence-corrected chi connectivity index (χ3v) is 13.7. The van der Waals surface area contributed by atoms with Crippen LogP contribution in [0.3, 0.4) is 0 Å². The molecule has 0 unspecified atom stereocenters. The Morgan fingerprint density at radius 3 is 1.36 bits per heavy atom. The Kier molecular flexibility index (Phi) is 44.8. The summed E-state index contributed by atoms with van der Waals surface area (Å²) >= 11 is 6.57. The van der Waals surface area contributed by atoms with Crippen molar-refractivity contribution in [3.05, 3.63) is 0 Å². The van der Waals surface area contributed by atoms with E-state index in [0.29, 0.717) is 12.8 Å². The number of rotatable bonds is 50. The summed E-state index contributed by atoms with van der Waals surface area (Å²) in [7, 11) is 0. The molecule has 0 aliphatic heterocycles. The number of aliphatic carboxylic acids is 3. The third kappa shape index (κ3) is 43.2. The number of amides is 6. The van der Waals surface area contributed by atoms with E-state index in [1.807, 2.05) is 5.32 Å². The second-order valence-electron chi connectivity index (χ2n) is 19.1. The van der Waals surface area contributed by atoms with Crippen molar-refractivity contribution >= 4 is 82.9 Å². The van der Waals surface area contributed by atoms with Crippen LogP contribution in [0.15, 0.2) is 0 Å². The van der Waals surface area contributed by atoms with Gasteiger partial charge in [0.15, 0.2) is 0 Å². The number of carbonyl (C=O) groups is 10. The van der Waals surface area contributed by atoms with E-state index >= 15 is 0 Å². The van der Waals surface area contributed by atoms with Crippen LogP contribution in [0.25, 0.3) is 0 Å². The van der Waals surface area contributed by atoms with Crippen molar-refractivity contribution < 1.29 is 72.7 Å². The summed E-state index contributed by atoms with van der Waals surface area (Å²) in [4.78, 5) is 124. The molecule has 0 heterocycles. The van der Waals surface area contributed by atoms with Gasteiger partial charge in [-0.1, -0.05) is 168 Å². The van der Waals surface area contributed by atoms with Crippen molar-refractivity contribution in [2.75, 3.05) is 30.5 Å². The van der Waals surface area contributed by atoms with Crippen LogP contribution < -0.4 is 26.6 Å². The van der Waals surface area contributed by atoms with Gasteiger partial charge in [-0.3, -0.25) is 43.7 Å². The Balaban J connectivity index is 5.62. The summed E-state index contributed by atoms with van der Waals surface area (Å²) in [5.74, 6) is -9.91. The predicted molar refractivity (Wildman–Crippen MR) is 288 cm³/mol. The van der Waals surface area contributed by atoms with Crippen molar-refractivity contribution in [2.45, 2.75) is 244 Å². The first-order valence-electron chi connectivity index (χ1n) is 27.7. The Bertz CT molecular complexity index is 1660. The number of ether oxygens (including phenoxy) is 2. The van der Waals surface area contributed by atoms with Crippen LogP contribution in [0.1, 0.15) is 219 Å². The number of hydrogen-bond acceptors (Lipinski definition) is 13. The molecule has 22 heteroatoms. The van der Waals surface area contributed by atoms with Crippen LogP contribution in [0, 0.1) is 0 Å². The predicted octanol–water partition coefficient (Wildman–Crippen LogP) is 8.47. The molecule has 8 N–H and O–H groups in total. The standard InChI is InChI=1S/C53H92ClN5O15S/c1-3-5-7-9-11-13-15-17-19-21-23-25-27-29-48(66)73-37-40(74-49(67)30-28-26-24-22-20-18-16-14-12-10-8-6-4-2)38-75-39-43(58-53(72)59-44(60)35-54)50(68)55-36-45(61)56-41(31-33-46(62)63)51(69)57-42(52(70)71)32-34-47(64)65/h40-43H,3-39H2,1-2H3,(H,55,68)(H,56,61)(H,57,69)(H,62,63)(H,64,65)(H,70,71)(H2,58,59,60,72)/t40-,41+,42+,43+/m1/s1. The third-order valence-electron chi connectivity index (χ3n) is 12.3. The summed E-state index contributed by atoms with van der Waals surface area (Å²) in [6.07, 6.45) is 27.0. The largest absolute Gasteiger partial charge is 0.481 e. The van der Waals surface area contributed by atoms with Crippen LogP contribution in [0.2, 0.25) is 0 Å². The highest BCUT2D eigenvalue weighted by Crippen LogP contribution is 2.17. The molecule has 0 aromatic rings. The number of unbranched alkanes of at least 4 members (excludes halogenated alkanes) is 24. The smallest absolute Gasteiger partial charge is 0.326 e. The molecule has 6 amide bonds. The first kappa shape index (κ1) is 70.3. The maximum absolute atomic E-state index is 13.5. The fraction of sp³-hybridized carbons (Fsp3) is 0.811. The molecule has 0 spiro atoms. The van der Waals surface area contributed by atoms with Crippen LogP contribution >= 0.6 is 23.4 Å². The second kappa shape index (κ2) is 47.8. The Labute approximate surface area is 454 Å². The van der Waals surface area contributed by atoms with Gasteiger partial charge >= 0.3 is 35.9 Å². The minimum atomic E-state index is -1.67. The van der Waals surface area contributed by atoms with Gasteiger partial charge in [0, 0.05) is 37.2 Å². The van der Waals surface area contributed by atoms with Gasteiger partial charge in [-0.2, -0.15) is 11.8 Å². The number of thioether (sulfide) groups is 1. The highest BCUT2D eigenvalue weighted by molar-refractivity contribution is 7.99. The van der Waals surface area contributed by atoms with E-state index in [1.165, 1.54) is 109 Å². The maximum Gasteiger partial charge on any atom is 0.326 e. The number of esters is 2. The molecule has 0 saturated carbocycles. The molecule has 432 valence electrons. The monoisotopic (exact) mass is 1110 g/mol. The molecule has 0 aliphatic rings. The van der Waals surface area contributed by atoms with Crippen molar-refractivity contribution in [2.24, 2.45) is 0 Å². The highest BCUT2D eigenvalue weighted by Gasteiger charge is 2.29.